The fourth-order valence-corrected chi connectivity index (χ4v) is 3.25. The lowest BCUT2D eigenvalue weighted by Crippen LogP contribution is -2.45. The third-order valence-corrected chi connectivity index (χ3v) is 4.72. The summed E-state index contributed by atoms with van der Waals surface area (Å²) in [6, 6.07) is 13.3. The van der Waals surface area contributed by atoms with Crippen LogP contribution in [0.3, 0.4) is 0 Å². The van der Waals surface area contributed by atoms with Crippen LogP contribution >= 0.6 is 0 Å². The van der Waals surface area contributed by atoms with Crippen molar-refractivity contribution in [1.82, 2.24) is 20.3 Å². The fourth-order valence-electron chi connectivity index (χ4n) is 3.25. The topological polar surface area (TPSA) is 93.2 Å². The Bertz CT molecular complexity index is 894. The van der Waals surface area contributed by atoms with Crippen LogP contribution in [0.4, 0.5) is 0 Å². The summed E-state index contributed by atoms with van der Waals surface area (Å²) in [5.41, 5.74) is 1.95. The van der Waals surface area contributed by atoms with Crippen LogP contribution in [0, 0.1) is 0 Å². The van der Waals surface area contributed by atoms with E-state index in [2.05, 4.69) is 15.6 Å². The van der Waals surface area contributed by atoms with Crippen LogP contribution in [0.5, 0.6) is 0 Å². The van der Waals surface area contributed by atoms with E-state index in [1.165, 1.54) is 0 Å². The molecular formula is C19H20N4O3. The molecule has 134 valence electrons. The van der Waals surface area contributed by atoms with Crippen LogP contribution in [-0.4, -0.2) is 32.0 Å². The molecule has 0 aliphatic heterocycles. The first-order valence-corrected chi connectivity index (χ1v) is 8.66. The van der Waals surface area contributed by atoms with Gasteiger partial charge in [-0.1, -0.05) is 35.5 Å². The van der Waals surface area contributed by atoms with E-state index in [4.69, 9.17) is 4.52 Å². The Labute approximate surface area is 150 Å². The number of carbonyl (C=O) groups is 1. The van der Waals surface area contributed by atoms with E-state index in [1.807, 2.05) is 41.1 Å². The van der Waals surface area contributed by atoms with Crippen LogP contribution in [0.1, 0.15) is 48.1 Å². The molecule has 7 heteroatoms. The molecule has 1 atom stereocenters. The predicted molar refractivity (Wildman–Crippen MR) is 94.3 cm³/mol. The van der Waals surface area contributed by atoms with Crippen molar-refractivity contribution in [3.63, 3.8) is 0 Å². The molecule has 1 aliphatic carbocycles. The minimum atomic E-state index is -0.558. The van der Waals surface area contributed by atoms with Crippen molar-refractivity contribution in [2.45, 2.75) is 38.0 Å². The number of benzene rings is 1. The molecule has 1 fully saturated rings. The van der Waals surface area contributed by atoms with Crippen molar-refractivity contribution in [3.8, 4) is 11.3 Å². The maximum absolute atomic E-state index is 12.4. The van der Waals surface area contributed by atoms with Gasteiger partial charge in [0.25, 0.3) is 5.91 Å². The second-order valence-electron chi connectivity index (χ2n) is 6.61. The molecule has 0 spiro atoms. The summed E-state index contributed by atoms with van der Waals surface area (Å²) >= 11 is 0. The van der Waals surface area contributed by atoms with Crippen molar-refractivity contribution >= 4 is 5.91 Å². The van der Waals surface area contributed by atoms with Crippen LogP contribution in [0.25, 0.3) is 11.3 Å². The summed E-state index contributed by atoms with van der Waals surface area (Å²) in [6.45, 7) is 1.72. The van der Waals surface area contributed by atoms with Crippen LogP contribution in [0.2, 0.25) is 0 Å². The molecule has 0 saturated heterocycles. The maximum Gasteiger partial charge on any atom is 0.273 e. The Balaban J connectivity index is 1.36. The summed E-state index contributed by atoms with van der Waals surface area (Å²) in [5.74, 6) is 0.330. The zero-order chi connectivity index (χ0) is 18.1. The first-order valence-electron chi connectivity index (χ1n) is 8.66. The summed E-state index contributed by atoms with van der Waals surface area (Å²) in [4.78, 5) is 12.4. The lowest BCUT2D eigenvalue weighted by atomic mass is 9.86. The average Bonchev–Trinajstić information content (AvgIpc) is 3.27. The molecule has 1 amide bonds. The second kappa shape index (κ2) is 6.76. The molecule has 0 unspecified atom stereocenters. The van der Waals surface area contributed by atoms with Gasteiger partial charge in [-0.2, -0.15) is 5.10 Å². The summed E-state index contributed by atoms with van der Waals surface area (Å²) < 4.78 is 7.12. The summed E-state index contributed by atoms with van der Waals surface area (Å²) in [5, 5.41) is 20.9. The van der Waals surface area contributed by atoms with E-state index >= 15 is 0 Å². The fraction of sp³-hybridized carbons (Fsp3) is 0.316. The van der Waals surface area contributed by atoms with E-state index < -0.39 is 6.10 Å². The number of amides is 1. The number of aromatic nitrogens is 3. The Morgan fingerprint density at radius 3 is 2.81 bits per heavy atom. The van der Waals surface area contributed by atoms with Gasteiger partial charge in [-0.3, -0.25) is 9.48 Å². The quantitative estimate of drug-likeness (QED) is 0.736. The van der Waals surface area contributed by atoms with Crippen molar-refractivity contribution in [2.24, 2.45) is 0 Å². The summed E-state index contributed by atoms with van der Waals surface area (Å²) in [7, 11) is 0. The van der Waals surface area contributed by atoms with Gasteiger partial charge in [-0.15, -0.1) is 0 Å². The smallest absolute Gasteiger partial charge is 0.273 e. The maximum atomic E-state index is 12.4. The van der Waals surface area contributed by atoms with Crippen molar-refractivity contribution in [2.75, 3.05) is 0 Å². The largest absolute Gasteiger partial charge is 0.387 e. The van der Waals surface area contributed by atoms with Gasteiger partial charge in [0.1, 0.15) is 0 Å². The number of nitrogens with zero attached hydrogens (tertiary/aromatic N) is 3. The molecule has 0 radical (unpaired) electrons. The highest BCUT2D eigenvalue weighted by molar-refractivity contribution is 5.93. The molecule has 1 aliphatic rings. The van der Waals surface area contributed by atoms with Gasteiger partial charge in [0.05, 0.1) is 17.8 Å². The Kier molecular flexibility index (Phi) is 4.30. The average molecular weight is 352 g/mol. The number of hydrogen-bond acceptors (Lipinski definition) is 5. The first kappa shape index (κ1) is 16.5. The third kappa shape index (κ3) is 3.13. The van der Waals surface area contributed by atoms with E-state index in [0.717, 1.165) is 24.1 Å². The standard InChI is InChI=1S/C19H20N4O3/c1-12(24)17-7-8-20-23(17)15-9-14(10-15)21-19(25)16-11-18(26-22-16)13-5-3-2-4-6-13/h2-8,11-12,14-15,24H,9-10H2,1H3,(H,21,25)/t12-,14?,15?/m0/s1. The summed E-state index contributed by atoms with van der Waals surface area (Å²) in [6.07, 6.45) is 2.68. The van der Waals surface area contributed by atoms with Crippen molar-refractivity contribution in [3.05, 3.63) is 60.0 Å². The number of nitrogens with one attached hydrogen (secondary N) is 1. The van der Waals surface area contributed by atoms with Crippen LogP contribution in [0.15, 0.2) is 53.2 Å². The zero-order valence-corrected chi connectivity index (χ0v) is 14.4. The molecule has 1 aromatic carbocycles. The zero-order valence-electron chi connectivity index (χ0n) is 14.4. The number of carbonyl (C=O) groups excluding carboxylic acids is 1. The monoisotopic (exact) mass is 352 g/mol. The van der Waals surface area contributed by atoms with Gasteiger partial charge in [-0.05, 0) is 25.8 Å². The van der Waals surface area contributed by atoms with Gasteiger partial charge in [-0.25, -0.2) is 0 Å². The number of hydrogen-bond donors (Lipinski definition) is 2. The highest BCUT2D eigenvalue weighted by Gasteiger charge is 2.34. The van der Waals surface area contributed by atoms with Crippen LogP contribution < -0.4 is 5.32 Å². The van der Waals surface area contributed by atoms with E-state index in [9.17, 15) is 9.90 Å². The van der Waals surface area contributed by atoms with E-state index in [-0.39, 0.29) is 23.7 Å². The number of aliphatic hydroxyl groups excluding tert-OH is 1. The lowest BCUT2D eigenvalue weighted by molar-refractivity contribution is 0.0871. The molecule has 0 bridgehead atoms. The molecular weight excluding hydrogens is 332 g/mol. The third-order valence-electron chi connectivity index (χ3n) is 4.72. The van der Waals surface area contributed by atoms with Gasteiger partial charge in [0.15, 0.2) is 11.5 Å². The van der Waals surface area contributed by atoms with Gasteiger partial charge >= 0.3 is 0 Å². The molecule has 2 heterocycles. The molecule has 3 aromatic rings. The highest BCUT2D eigenvalue weighted by Crippen LogP contribution is 2.34. The Hall–Kier alpha value is -2.93. The minimum Gasteiger partial charge on any atom is -0.387 e. The van der Waals surface area contributed by atoms with Gasteiger partial charge in [0.2, 0.25) is 0 Å². The first-order chi connectivity index (χ1) is 12.6. The van der Waals surface area contributed by atoms with Gasteiger partial charge in [0, 0.05) is 23.9 Å². The normalized spacial score (nSPS) is 20.4. The Morgan fingerprint density at radius 1 is 1.31 bits per heavy atom. The van der Waals surface area contributed by atoms with E-state index in [0.29, 0.717) is 5.76 Å². The minimum absolute atomic E-state index is 0.0652. The predicted octanol–water partition coefficient (Wildman–Crippen LogP) is 2.72. The SMILES string of the molecule is C[C@H](O)c1ccnn1C1CC(NC(=O)c2cc(-c3ccccc3)on2)C1. The Morgan fingerprint density at radius 2 is 2.08 bits per heavy atom. The van der Waals surface area contributed by atoms with E-state index in [1.54, 1.807) is 19.2 Å². The van der Waals surface area contributed by atoms with Crippen molar-refractivity contribution < 1.29 is 14.4 Å². The lowest BCUT2D eigenvalue weighted by Gasteiger charge is -2.36. The molecule has 1 saturated carbocycles. The second-order valence-corrected chi connectivity index (χ2v) is 6.61. The number of aliphatic hydroxyl groups is 1. The molecule has 4 rings (SSSR count). The molecule has 2 N–H and O–H groups in total. The molecule has 26 heavy (non-hydrogen) atoms. The number of rotatable bonds is 5. The van der Waals surface area contributed by atoms with Crippen LogP contribution in [-0.2, 0) is 0 Å². The molecule has 2 aromatic heterocycles. The van der Waals surface area contributed by atoms with Gasteiger partial charge < -0.3 is 14.9 Å². The highest BCUT2D eigenvalue weighted by atomic mass is 16.5. The molecule has 7 nitrogen and oxygen atoms in total. The van der Waals surface area contributed by atoms with Crippen molar-refractivity contribution in [1.29, 1.82) is 0 Å².